The summed E-state index contributed by atoms with van der Waals surface area (Å²) in [4.78, 5) is 16.8. The third kappa shape index (κ3) is 3.94. The molecule has 0 saturated carbocycles. The van der Waals surface area contributed by atoms with Gasteiger partial charge < -0.3 is 5.32 Å². The van der Waals surface area contributed by atoms with Gasteiger partial charge in [-0.3, -0.25) is 9.78 Å². The van der Waals surface area contributed by atoms with Crippen LogP contribution in [0.25, 0.3) is 11.3 Å². The molecular formula is C22H22N2O. The van der Waals surface area contributed by atoms with E-state index in [1.54, 1.807) is 6.20 Å². The number of benzene rings is 2. The Balaban J connectivity index is 1.73. The number of carbonyl (C=O) groups excluding carboxylic acids is 1. The fraction of sp³-hybridized carbons (Fsp3) is 0.182. The molecule has 3 nitrogen and oxygen atoms in total. The number of rotatable bonds is 4. The van der Waals surface area contributed by atoms with E-state index >= 15 is 0 Å². The van der Waals surface area contributed by atoms with Crippen LogP contribution in [0, 0.1) is 6.92 Å². The SMILES string of the molecule is Cc1cccnc1-c1ccc(C(=O)Nc2ccc(C(C)C)cc2)cc1. The van der Waals surface area contributed by atoms with Gasteiger partial charge in [-0.25, -0.2) is 0 Å². The summed E-state index contributed by atoms with van der Waals surface area (Å²) in [6, 6.07) is 19.5. The van der Waals surface area contributed by atoms with Gasteiger partial charge in [-0.1, -0.05) is 44.2 Å². The smallest absolute Gasteiger partial charge is 0.255 e. The largest absolute Gasteiger partial charge is 0.322 e. The molecule has 0 aliphatic heterocycles. The predicted octanol–water partition coefficient (Wildman–Crippen LogP) is 5.43. The lowest BCUT2D eigenvalue weighted by atomic mass is 10.0. The molecule has 0 saturated heterocycles. The van der Waals surface area contributed by atoms with Crippen molar-refractivity contribution < 1.29 is 4.79 Å². The van der Waals surface area contributed by atoms with Crippen LogP contribution in [0.1, 0.15) is 41.3 Å². The molecule has 1 amide bonds. The fourth-order valence-electron chi connectivity index (χ4n) is 2.72. The van der Waals surface area contributed by atoms with Gasteiger partial charge in [0.2, 0.25) is 0 Å². The predicted molar refractivity (Wildman–Crippen MR) is 103 cm³/mol. The first-order valence-corrected chi connectivity index (χ1v) is 8.48. The van der Waals surface area contributed by atoms with Gasteiger partial charge in [0.1, 0.15) is 0 Å². The Morgan fingerprint density at radius 1 is 0.960 bits per heavy atom. The first-order chi connectivity index (χ1) is 12.0. The molecule has 3 rings (SSSR count). The fourth-order valence-corrected chi connectivity index (χ4v) is 2.72. The summed E-state index contributed by atoms with van der Waals surface area (Å²) in [5.74, 6) is 0.369. The van der Waals surface area contributed by atoms with Crippen molar-refractivity contribution in [3.05, 3.63) is 83.6 Å². The van der Waals surface area contributed by atoms with Crippen molar-refractivity contribution in [2.24, 2.45) is 0 Å². The zero-order valence-electron chi connectivity index (χ0n) is 14.8. The average molecular weight is 330 g/mol. The second kappa shape index (κ2) is 7.31. The summed E-state index contributed by atoms with van der Waals surface area (Å²) in [5.41, 5.74) is 5.76. The molecule has 0 radical (unpaired) electrons. The number of pyridine rings is 1. The molecule has 3 heteroatoms. The van der Waals surface area contributed by atoms with E-state index in [1.807, 2.05) is 67.6 Å². The number of hydrogen-bond acceptors (Lipinski definition) is 2. The maximum atomic E-state index is 12.4. The van der Waals surface area contributed by atoms with Crippen molar-refractivity contribution >= 4 is 11.6 Å². The Hall–Kier alpha value is -2.94. The van der Waals surface area contributed by atoms with Gasteiger partial charge in [0.05, 0.1) is 5.69 Å². The van der Waals surface area contributed by atoms with E-state index < -0.39 is 0 Å². The zero-order valence-corrected chi connectivity index (χ0v) is 14.8. The highest BCUT2D eigenvalue weighted by Gasteiger charge is 2.08. The summed E-state index contributed by atoms with van der Waals surface area (Å²) in [5, 5.41) is 2.94. The number of aryl methyl sites for hydroxylation is 1. The highest BCUT2D eigenvalue weighted by atomic mass is 16.1. The normalized spacial score (nSPS) is 10.7. The van der Waals surface area contributed by atoms with Gasteiger partial charge in [-0.2, -0.15) is 0 Å². The molecule has 1 aromatic heterocycles. The van der Waals surface area contributed by atoms with Crippen LogP contribution < -0.4 is 5.32 Å². The standard InChI is InChI=1S/C22H22N2O/c1-15(2)17-10-12-20(13-11-17)24-22(25)19-8-6-18(7-9-19)21-16(3)5-4-14-23-21/h4-15H,1-3H3,(H,24,25). The summed E-state index contributed by atoms with van der Waals surface area (Å²) >= 11 is 0. The maximum absolute atomic E-state index is 12.4. The van der Waals surface area contributed by atoms with Crippen molar-refractivity contribution in [1.82, 2.24) is 4.98 Å². The van der Waals surface area contributed by atoms with Crippen LogP contribution in [0.3, 0.4) is 0 Å². The highest BCUT2D eigenvalue weighted by molar-refractivity contribution is 6.04. The lowest BCUT2D eigenvalue weighted by Gasteiger charge is -2.09. The molecule has 0 spiro atoms. The van der Waals surface area contributed by atoms with Crippen molar-refractivity contribution in [2.75, 3.05) is 5.32 Å². The molecule has 0 aliphatic rings. The number of amides is 1. The monoisotopic (exact) mass is 330 g/mol. The minimum absolute atomic E-state index is 0.110. The minimum atomic E-state index is -0.110. The topological polar surface area (TPSA) is 42.0 Å². The second-order valence-corrected chi connectivity index (χ2v) is 6.48. The van der Waals surface area contributed by atoms with Crippen LogP contribution in [-0.4, -0.2) is 10.9 Å². The van der Waals surface area contributed by atoms with Gasteiger partial charge in [-0.05, 0) is 54.3 Å². The summed E-state index contributed by atoms with van der Waals surface area (Å²) in [6.45, 7) is 6.33. The lowest BCUT2D eigenvalue weighted by Crippen LogP contribution is -2.11. The molecule has 0 unspecified atom stereocenters. The summed E-state index contributed by atoms with van der Waals surface area (Å²) in [7, 11) is 0. The molecule has 0 aliphatic carbocycles. The number of anilines is 1. The van der Waals surface area contributed by atoms with Crippen molar-refractivity contribution in [2.45, 2.75) is 26.7 Å². The first-order valence-electron chi connectivity index (χ1n) is 8.48. The molecule has 1 N–H and O–H groups in total. The van der Waals surface area contributed by atoms with Crippen LogP contribution in [0.4, 0.5) is 5.69 Å². The van der Waals surface area contributed by atoms with Gasteiger partial charge >= 0.3 is 0 Å². The van der Waals surface area contributed by atoms with Crippen LogP contribution in [0.5, 0.6) is 0 Å². The van der Waals surface area contributed by atoms with Crippen LogP contribution in [-0.2, 0) is 0 Å². The van der Waals surface area contributed by atoms with E-state index in [-0.39, 0.29) is 5.91 Å². The third-order valence-electron chi connectivity index (χ3n) is 4.27. The van der Waals surface area contributed by atoms with E-state index in [0.717, 1.165) is 22.5 Å². The zero-order chi connectivity index (χ0) is 17.8. The van der Waals surface area contributed by atoms with E-state index in [4.69, 9.17) is 0 Å². The minimum Gasteiger partial charge on any atom is -0.322 e. The molecule has 2 aromatic carbocycles. The maximum Gasteiger partial charge on any atom is 0.255 e. The molecular weight excluding hydrogens is 308 g/mol. The van der Waals surface area contributed by atoms with Crippen LogP contribution >= 0.6 is 0 Å². The first kappa shape index (κ1) is 16.9. The molecule has 126 valence electrons. The van der Waals surface area contributed by atoms with Crippen molar-refractivity contribution in [3.63, 3.8) is 0 Å². The van der Waals surface area contributed by atoms with Gasteiger partial charge in [-0.15, -0.1) is 0 Å². The van der Waals surface area contributed by atoms with Gasteiger partial charge in [0.15, 0.2) is 0 Å². The number of nitrogens with one attached hydrogen (secondary N) is 1. The van der Waals surface area contributed by atoms with E-state index in [9.17, 15) is 4.79 Å². The second-order valence-electron chi connectivity index (χ2n) is 6.48. The lowest BCUT2D eigenvalue weighted by molar-refractivity contribution is 0.102. The van der Waals surface area contributed by atoms with Crippen LogP contribution in [0.2, 0.25) is 0 Å². The Labute approximate surface area is 148 Å². The third-order valence-corrected chi connectivity index (χ3v) is 4.27. The number of nitrogens with zero attached hydrogens (tertiary/aromatic N) is 1. The van der Waals surface area contributed by atoms with E-state index in [1.165, 1.54) is 5.56 Å². The Kier molecular flexibility index (Phi) is 4.94. The molecule has 0 atom stereocenters. The molecule has 0 fully saturated rings. The number of hydrogen-bond donors (Lipinski definition) is 1. The molecule has 25 heavy (non-hydrogen) atoms. The summed E-state index contributed by atoms with van der Waals surface area (Å²) < 4.78 is 0. The highest BCUT2D eigenvalue weighted by Crippen LogP contribution is 2.22. The Bertz CT molecular complexity index is 865. The molecule has 1 heterocycles. The van der Waals surface area contributed by atoms with Gasteiger partial charge in [0, 0.05) is 23.0 Å². The van der Waals surface area contributed by atoms with Crippen LogP contribution in [0.15, 0.2) is 66.9 Å². The molecule has 0 bridgehead atoms. The Morgan fingerprint density at radius 3 is 2.24 bits per heavy atom. The van der Waals surface area contributed by atoms with Crippen molar-refractivity contribution in [3.8, 4) is 11.3 Å². The van der Waals surface area contributed by atoms with Crippen molar-refractivity contribution in [1.29, 1.82) is 0 Å². The Morgan fingerprint density at radius 2 is 1.64 bits per heavy atom. The van der Waals surface area contributed by atoms with E-state index in [0.29, 0.717) is 11.5 Å². The average Bonchev–Trinajstić information content (AvgIpc) is 2.63. The van der Waals surface area contributed by atoms with E-state index in [2.05, 4.69) is 24.1 Å². The quantitative estimate of drug-likeness (QED) is 0.693. The number of carbonyl (C=O) groups is 1. The molecule has 3 aromatic rings. The van der Waals surface area contributed by atoms with Gasteiger partial charge in [0.25, 0.3) is 5.91 Å². The summed E-state index contributed by atoms with van der Waals surface area (Å²) in [6.07, 6.45) is 1.78. The number of aromatic nitrogens is 1.